The molecule has 0 aromatic heterocycles. The van der Waals surface area contributed by atoms with E-state index in [2.05, 4.69) is 4.72 Å². The first kappa shape index (κ1) is 20.3. The van der Waals surface area contributed by atoms with Gasteiger partial charge in [0.2, 0.25) is 15.9 Å². The van der Waals surface area contributed by atoms with Crippen molar-refractivity contribution in [3.8, 4) is 0 Å². The van der Waals surface area contributed by atoms with Crippen molar-refractivity contribution in [1.82, 2.24) is 9.62 Å². The molecule has 2 rings (SSSR count). The zero-order valence-electron chi connectivity index (χ0n) is 14.6. The summed E-state index contributed by atoms with van der Waals surface area (Å²) in [5, 5.41) is 9.46. The van der Waals surface area contributed by atoms with Crippen LogP contribution in [0.4, 0.5) is 0 Å². The Balaban J connectivity index is 1.96. The van der Waals surface area contributed by atoms with Crippen molar-refractivity contribution in [1.29, 1.82) is 0 Å². The van der Waals surface area contributed by atoms with Crippen LogP contribution in [0, 0.1) is 5.92 Å². The van der Waals surface area contributed by atoms with E-state index in [0.717, 1.165) is 5.56 Å². The van der Waals surface area contributed by atoms with E-state index < -0.39 is 27.8 Å². The highest BCUT2D eigenvalue weighted by Crippen LogP contribution is 2.32. The summed E-state index contributed by atoms with van der Waals surface area (Å²) in [5.41, 5.74) is 0.857. The third kappa shape index (κ3) is 5.52. The fourth-order valence-corrected chi connectivity index (χ4v) is 4.03. The Morgan fingerprint density at radius 2 is 1.96 bits per heavy atom. The monoisotopic (exact) mass is 384 g/mol. The molecule has 0 unspecified atom stereocenters. The van der Waals surface area contributed by atoms with Gasteiger partial charge in [0, 0.05) is 32.7 Å². The summed E-state index contributed by atoms with van der Waals surface area (Å²) in [6.45, 7) is 0.271. The van der Waals surface area contributed by atoms with Crippen LogP contribution in [0.2, 0.25) is 0 Å². The average Bonchev–Trinajstić information content (AvgIpc) is 3.06. The molecule has 2 atom stereocenters. The number of rotatable bonds is 9. The molecule has 26 heavy (non-hydrogen) atoms. The molecule has 1 aliphatic rings. The Hall–Kier alpha value is -1.97. The van der Waals surface area contributed by atoms with Gasteiger partial charge in [-0.05, 0) is 12.0 Å². The second-order valence-electron chi connectivity index (χ2n) is 6.25. The van der Waals surface area contributed by atoms with Crippen LogP contribution in [0.1, 0.15) is 17.9 Å². The number of amides is 1. The van der Waals surface area contributed by atoms with Gasteiger partial charge in [0.25, 0.3) is 0 Å². The highest BCUT2D eigenvalue weighted by Gasteiger charge is 2.40. The molecule has 1 heterocycles. The molecule has 1 fully saturated rings. The first-order valence-corrected chi connectivity index (χ1v) is 10.0. The third-order valence-electron chi connectivity index (χ3n) is 4.42. The minimum Gasteiger partial charge on any atom is -0.481 e. The number of benzene rings is 1. The van der Waals surface area contributed by atoms with Gasteiger partial charge in [-0.2, -0.15) is 0 Å². The quantitative estimate of drug-likeness (QED) is 0.591. The normalized spacial score (nSPS) is 20.3. The van der Waals surface area contributed by atoms with Gasteiger partial charge in [0.15, 0.2) is 0 Å². The average molecular weight is 384 g/mol. The molecule has 1 amide bonds. The van der Waals surface area contributed by atoms with Crippen LogP contribution in [0.25, 0.3) is 0 Å². The summed E-state index contributed by atoms with van der Waals surface area (Å²) >= 11 is 0. The SMILES string of the molecule is COCCCS(=O)(=O)NCC(=O)N1C[C@H](C(=O)O)[C@H](c2ccccc2)C1. The number of carbonyl (C=O) groups excluding carboxylic acids is 1. The van der Waals surface area contributed by atoms with E-state index in [4.69, 9.17) is 4.74 Å². The zero-order chi connectivity index (χ0) is 19.2. The van der Waals surface area contributed by atoms with Crippen LogP contribution in [-0.4, -0.2) is 69.4 Å². The Kier molecular flexibility index (Phi) is 7.13. The number of likely N-dealkylation sites (tertiary alicyclic amines) is 1. The van der Waals surface area contributed by atoms with E-state index in [-0.39, 0.29) is 31.3 Å². The van der Waals surface area contributed by atoms with Gasteiger partial charge < -0.3 is 14.7 Å². The molecule has 0 spiro atoms. The molecule has 1 aromatic rings. The van der Waals surface area contributed by atoms with Crippen molar-refractivity contribution in [2.75, 3.05) is 39.1 Å². The molecule has 1 aliphatic heterocycles. The lowest BCUT2D eigenvalue weighted by Gasteiger charge is -2.17. The summed E-state index contributed by atoms with van der Waals surface area (Å²) in [5.74, 6) is -2.53. The van der Waals surface area contributed by atoms with Gasteiger partial charge >= 0.3 is 5.97 Å². The molecule has 1 aromatic carbocycles. The molecular weight excluding hydrogens is 360 g/mol. The smallest absolute Gasteiger partial charge is 0.308 e. The number of hydrogen-bond donors (Lipinski definition) is 2. The first-order chi connectivity index (χ1) is 12.3. The highest BCUT2D eigenvalue weighted by molar-refractivity contribution is 7.89. The molecule has 0 saturated carbocycles. The van der Waals surface area contributed by atoms with Crippen molar-refractivity contribution < 1.29 is 27.9 Å². The number of carboxylic acid groups (broad SMARTS) is 1. The van der Waals surface area contributed by atoms with E-state index >= 15 is 0 Å². The second-order valence-corrected chi connectivity index (χ2v) is 8.17. The second kappa shape index (κ2) is 9.11. The Labute approximate surface area is 153 Å². The lowest BCUT2D eigenvalue weighted by molar-refractivity contribution is -0.141. The summed E-state index contributed by atoms with van der Waals surface area (Å²) in [6.07, 6.45) is 0.334. The van der Waals surface area contributed by atoms with Crippen LogP contribution < -0.4 is 4.72 Å². The van der Waals surface area contributed by atoms with Crippen LogP contribution in [-0.2, 0) is 24.3 Å². The summed E-state index contributed by atoms with van der Waals surface area (Å²) < 4.78 is 30.8. The minimum atomic E-state index is -3.57. The zero-order valence-corrected chi connectivity index (χ0v) is 15.4. The van der Waals surface area contributed by atoms with Crippen LogP contribution in [0.15, 0.2) is 30.3 Å². The van der Waals surface area contributed by atoms with Crippen molar-refractivity contribution in [3.05, 3.63) is 35.9 Å². The minimum absolute atomic E-state index is 0.0686. The van der Waals surface area contributed by atoms with E-state index in [9.17, 15) is 23.1 Å². The van der Waals surface area contributed by atoms with Gasteiger partial charge in [0.05, 0.1) is 18.2 Å². The molecule has 0 aliphatic carbocycles. The number of nitrogens with one attached hydrogen (secondary N) is 1. The maximum Gasteiger partial charge on any atom is 0.308 e. The van der Waals surface area contributed by atoms with E-state index in [0.29, 0.717) is 13.0 Å². The number of hydrogen-bond acceptors (Lipinski definition) is 5. The molecule has 1 saturated heterocycles. The molecular formula is C17H24N2O6S. The number of carbonyl (C=O) groups is 2. The predicted molar refractivity (Wildman–Crippen MR) is 95.2 cm³/mol. The Morgan fingerprint density at radius 3 is 2.58 bits per heavy atom. The molecule has 0 bridgehead atoms. The summed E-state index contributed by atoms with van der Waals surface area (Å²) in [4.78, 5) is 25.3. The third-order valence-corrected chi connectivity index (χ3v) is 5.83. The number of nitrogens with zero attached hydrogens (tertiary/aromatic N) is 1. The van der Waals surface area contributed by atoms with Gasteiger partial charge in [-0.3, -0.25) is 9.59 Å². The maximum atomic E-state index is 12.3. The van der Waals surface area contributed by atoms with E-state index in [1.165, 1.54) is 12.0 Å². The summed E-state index contributed by atoms with van der Waals surface area (Å²) in [7, 11) is -2.08. The van der Waals surface area contributed by atoms with Crippen molar-refractivity contribution in [2.45, 2.75) is 12.3 Å². The Bertz CT molecular complexity index is 722. The molecule has 144 valence electrons. The van der Waals surface area contributed by atoms with Crippen molar-refractivity contribution in [3.63, 3.8) is 0 Å². The summed E-state index contributed by atoms with van der Waals surface area (Å²) in [6, 6.07) is 9.18. The first-order valence-electron chi connectivity index (χ1n) is 8.36. The van der Waals surface area contributed by atoms with Crippen LogP contribution in [0.5, 0.6) is 0 Å². The highest BCUT2D eigenvalue weighted by atomic mass is 32.2. The topological polar surface area (TPSA) is 113 Å². The number of sulfonamides is 1. The fourth-order valence-electron chi connectivity index (χ4n) is 3.04. The van der Waals surface area contributed by atoms with Gasteiger partial charge in [0.1, 0.15) is 0 Å². The molecule has 2 N–H and O–H groups in total. The number of methoxy groups -OCH3 is 1. The van der Waals surface area contributed by atoms with Crippen molar-refractivity contribution in [2.24, 2.45) is 5.92 Å². The van der Waals surface area contributed by atoms with Gasteiger partial charge in [-0.1, -0.05) is 30.3 Å². The standard InChI is InChI=1S/C17H24N2O6S/c1-25-8-5-9-26(23,24)18-10-16(20)19-11-14(15(12-19)17(21)22)13-6-3-2-4-7-13/h2-4,6-7,14-15,18H,5,8-12H2,1H3,(H,21,22)/t14-,15-/m0/s1. The molecule has 0 radical (unpaired) electrons. The number of aliphatic carboxylic acids is 1. The van der Waals surface area contributed by atoms with E-state index in [1.807, 2.05) is 30.3 Å². The van der Waals surface area contributed by atoms with Gasteiger partial charge in [-0.25, -0.2) is 13.1 Å². The van der Waals surface area contributed by atoms with E-state index in [1.54, 1.807) is 0 Å². The Morgan fingerprint density at radius 1 is 1.27 bits per heavy atom. The van der Waals surface area contributed by atoms with Gasteiger partial charge in [-0.15, -0.1) is 0 Å². The lowest BCUT2D eigenvalue weighted by atomic mass is 9.89. The largest absolute Gasteiger partial charge is 0.481 e. The number of ether oxygens (including phenoxy) is 1. The fraction of sp³-hybridized carbons (Fsp3) is 0.529. The molecule has 8 nitrogen and oxygen atoms in total. The van der Waals surface area contributed by atoms with Crippen molar-refractivity contribution >= 4 is 21.9 Å². The van der Waals surface area contributed by atoms with Crippen LogP contribution >= 0.6 is 0 Å². The van der Waals surface area contributed by atoms with Crippen LogP contribution in [0.3, 0.4) is 0 Å². The predicted octanol–water partition coefficient (Wildman–Crippen LogP) is 0.269. The number of carboxylic acids is 1. The lowest BCUT2D eigenvalue weighted by Crippen LogP contribution is -2.40. The maximum absolute atomic E-state index is 12.3. The molecule has 9 heteroatoms.